The molecule has 3 aliphatic rings. The summed E-state index contributed by atoms with van der Waals surface area (Å²) in [4.78, 5) is 14.1. The van der Waals surface area contributed by atoms with Gasteiger partial charge in [-0.3, -0.25) is 10.8 Å². The number of halogens is 2. The van der Waals surface area contributed by atoms with E-state index in [-0.39, 0.29) is 27.5 Å². The number of aliphatic hydroxyl groups is 3. The lowest BCUT2D eigenvalue weighted by Crippen LogP contribution is -2.81. The number of esters is 1. The fourth-order valence-electron chi connectivity index (χ4n) is 4.55. The third-order valence-electron chi connectivity index (χ3n) is 5.82. The van der Waals surface area contributed by atoms with Gasteiger partial charge in [-0.15, -0.1) is 0 Å². The van der Waals surface area contributed by atoms with Crippen molar-refractivity contribution in [1.82, 2.24) is 20.9 Å². The van der Waals surface area contributed by atoms with Crippen molar-refractivity contribution in [2.45, 2.75) is 42.6 Å². The number of carbonyl (C=O) groups is 1. The number of ether oxygens (including phenoxy) is 1. The van der Waals surface area contributed by atoms with Gasteiger partial charge in [0.05, 0.1) is 40.3 Å². The Kier molecular flexibility index (Phi) is 4.79. The minimum absolute atomic E-state index is 0.0396. The van der Waals surface area contributed by atoms with Crippen LogP contribution in [0, 0.1) is 10.8 Å². The van der Waals surface area contributed by atoms with Gasteiger partial charge in [-0.05, 0) is 19.1 Å². The summed E-state index contributed by atoms with van der Waals surface area (Å²) in [6, 6.07) is 1.74. The molecule has 0 radical (unpaired) electrons. The average molecular weight is 459 g/mol. The molecule has 3 saturated heterocycles. The third-order valence-corrected chi connectivity index (χ3v) is 6.64. The van der Waals surface area contributed by atoms with Crippen LogP contribution in [0.3, 0.4) is 0 Å². The van der Waals surface area contributed by atoms with E-state index in [1.54, 1.807) is 6.92 Å². The number of guanidine groups is 2. The number of benzene rings is 1. The van der Waals surface area contributed by atoms with E-state index in [1.807, 2.05) is 0 Å². The van der Waals surface area contributed by atoms with Crippen molar-refractivity contribution in [2.75, 3.05) is 6.61 Å². The zero-order valence-electron chi connectivity index (χ0n) is 15.6. The molecule has 0 aromatic heterocycles. The first-order valence-corrected chi connectivity index (χ1v) is 9.80. The van der Waals surface area contributed by atoms with Crippen LogP contribution in [-0.4, -0.2) is 80.4 Å². The summed E-state index contributed by atoms with van der Waals surface area (Å²) < 4.78 is 5.46. The zero-order chi connectivity index (χ0) is 22.0. The van der Waals surface area contributed by atoms with E-state index in [2.05, 4.69) is 16.0 Å². The maximum atomic E-state index is 12.8. The molecule has 1 aromatic rings. The van der Waals surface area contributed by atoms with Crippen molar-refractivity contribution in [3.63, 3.8) is 0 Å². The third kappa shape index (κ3) is 2.59. The Morgan fingerprint density at radius 1 is 1.30 bits per heavy atom. The largest absolute Gasteiger partial charge is 0.451 e. The van der Waals surface area contributed by atoms with Crippen molar-refractivity contribution in [3.05, 3.63) is 33.8 Å². The Hall–Kier alpha value is -2.31. The summed E-state index contributed by atoms with van der Waals surface area (Å²) in [6.45, 7) is 1.10. The molecule has 8 N–H and O–H groups in total. The summed E-state index contributed by atoms with van der Waals surface area (Å²) in [5.41, 5.74) is -1.90. The minimum Gasteiger partial charge on any atom is -0.451 e. The summed E-state index contributed by atoms with van der Waals surface area (Å²) in [7, 11) is 0. The quantitative estimate of drug-likeness (QED) is 0.208. The molecule has 3 fully saturated rings. The molecule has 30 heavy (non-hydrogen) atoms. The second-order valence-electron chi connectivity index (χ2n) is 7.43. The van der Waals surface area contributed by atoms with Gasteiger partial charge in [0.15, 0.2) is 23.7 Å². The van der Waals surface area contributed by atoms with Crippen molar-refractivity contribution >= 4 is 41.1 Å². The molecule has 0 aliphatic carbocycles. The first kappa shape index (κ1) is 20.9. The molecule has 1 spiro atoms. The number of hydrogen-bond donors (Lipinski definition) is 8. The fourth-order valence-corrected chi connectivity index (χ4v) is 4.93. The first-order chi connectivity index (χ1) is 14.1. The molecule has 4 rings (SSSR count). The van der Waals surface area contributed by atoms with Crippen LogP contribution >= 0.6 is 23.2 Å². The molecule has 162 valence electrons. The van der Waals surface area contributed by atoms with Crippen LogP contribution in [0.5, 0.6) is 0 Å². The van der Waals surface area contributed by atoms with E-state index in [1.165, 1.54) is 23.1 Å². The molecular formula is C17H20Cl2N6O5. The highest BCUT2D eigenvalue weighted by Crippen LogP contribution is 2.47. The van der Waals surface area contributed by atoms with Crippen LogP contribution in [0.25, 0.3) is 0 Å². The van der Waals surface area contributed by atoms with Gasteiger partial charge in [0.2, 0.25) is 5.79 Å². The summed E-state index contributed by atoms with van der Waals surface area (Å²) in [6.07, 6.45) is -1.54. The van der Waals surface area contributed by atoms with Crippen LogP contribution in [0.15, 0.2) is 18.2 Å². The second kappa shape index (κ2) is 6.86. The van der Waals surface area contributed by atoms with E-state index in [0.29, 0.717) is 0 Å². The van der Waals surface area contributed by atoms with Gasteiger partial charge in [0.1, 0.15) is 0 Å². The fraction of sp³-hybridized carbons (Fsp3) is 0.471. The number of rotatable bonds is 3. The maximum Gasteiger partial charge on any atom is 0.340 e. The van der Waals surface area contributed by atoms with E-state index >= 15 is 0 Å². The van der Waals surface area contributed by atoms with Gasteiger partial charge >= 0.3 is 5.97 Å². The topological polar surface area (TPSA) is 174 Å². The van der Waals surface area contributed by atoms with Gasteiger partial charge in [-0.2, -0.15) is 0 Å². The highest BCUT2D eigenvalue weighted by Gasteiger charge is 2.77. The molecule has 3 aliphatic heterocycles. The lowest BCUT2D eigenvalue weighted by atomic mass is 9.85. The van der Waals surface area contributed by atoms with Crippen LogP contribution in [0.1, 0.15) is 17.3 Å². The van der Waals surface area contributed by atoms with E-state index in [0.717, 1.165) is 0 Å². The van der Waals surface area contributed by atoms with Crippen LogP contribution in [0.4, 0.5) is 0 Å². The highest BCUT2D eigenvalue weighted by atomic mass is 35.5. The Morgan fingerprint density at radius 3 is 2.67 bits per heavy atom. The Morgan fingerprint density at radius 2 is 2.00 bits per heavy atom. The van der Waals surface area contributed by atoms with Gasteiger partial charge < -0.3 is 40.9 Å². The molecule has 11 nitrogen and oxygen atoms in total. The second-order valence-corrected chi connectivity index (χ2v) is 8.22. The molecule has 1 unspecified atom stereocenters. The number of hydrogen-bond acceptors (Lipinski definition) is 7. The van der Waals surface area contributed by atoms with E-state index in [4.69, 9.17) is 38.8 Å². The maximum absolute atomic E-state index is 12.8. The van der Waals surface area contributed by atoms with Crippen LogP contribution < -0.4 is 16.0 Å². The predicted octanol–water partition coefficient (Wildman–Crippen LogP) is -1.00. The van der Waals surface area contributed by atoms with Gasteiger partial charge in [-0.1, -0.05) is 29.3 Å². The minimum atomic E-state index is -2.75. The van der Waals surface area contributed by atoms with Crippen molar-refractivity contribution in [1.29, 1.82) is 10.8 Å². The molecular weight excluding hydrogens is 439 g/mol. The average Bonchev–Trinajstić information content (AvgIpc) is 3.11. The predicted molar refractivity (Wildman–Crippen MR) is 106 cm³/mol. The molecule has 0 saturated carbocycles. The van der Waals surface area contributed by atoms with Crippen molar-refractivity contribution in [2.24, 2.45) is 0 Å². The van der Waals surface area contributed by atoms with E-state index < -0.39 is 48.3 Å². The standard InChI is InChI=1S/C17H20Cl2N6O5/c1-6-12(30-13(27)7-3-2-4-8(18)10(7)19)17(28,29)16-11(23-14(20)24-16)9(5-26)22-15(21)25(6)16/h2-4,6,9,11-12,26,28-29H,5H2,1H3,(H2,21,22)(H3,20,23,24)/t6?,9-,11-,12-,16-/m0/s1. The number of nitrogens with one attached hydrogen (secondary N) is 5. The summed E-state index contributed by atoms with van der Waals surface area (Å²) in [5.74, 6) is -4.15. The van der Waals surface area contributed by atoms with Gasteiger partial charge in [0, 0.05) is 0 Å². The Bertz CT molecular complexity index is 945. The number of nitrogens with zero attached hydrogens (tertiary/aromatic N) is 1. The Labute approximate surface area is 180 Å². The molecule has 1 aromatic carbocycles. The number of aliphatic hydroxyl groups excluding tert-OH is 1. The van der Waals surface area contributed by atoms with Crippen LogP contribution in [-0.2, 0) is 4.74 Å². The summed E-state index contributed by atoms with van der Waals surface area (Å²) >= 11 is 12.0. The van der Waals surface area contributed by atoms with Gasteiger partial charge in [0.25, 0.3) is 0 Å². The van der Waals surface area contributed by atoms with Crippen LogP contribution in [0.2, 0.25) is 10.0 Å². The van der Waals surface area contributed by atoms with Crippen molar-refractivity contribution < 1.29 is 24.9 Å². The first-order valence-electron chi connectivity index (χ1n) is 9.04. The van der Waals surface area contributed by atoms with Crippen molar-refractivity contribution in [3.8, 4) is 0 Å². The summed E-state index contributed by atoms with van der Waals surface area (Å²) in [5, 5.41) is 56.8. The lowest BCUT2D eigenvalue weighted by molar-refractivity contribution is -0.258. The molecule has 0 bridgehead atoms. The SMILES string of the molecule is CC1[C@H](OC(=O)c2cccc(Cl)c2Cl)C(O)(O)[C@]23NC(=N)N[C@H]2[C@H](CO)NC(=N)N13. The van der Waals surface area contributed by atoms with E-state index in [9.17, 15) is 20.1 Å². The number of carbonyl (C=O) groups excluding carboxylic acids is 1. The Balaban J connectivity index is 1.75. The molecule has 13 heteroatoms. The highest BCUT2D eigenvalue weighted by molar-refractivity contribution is 6.43. The zero-order valence-corrected chi connectivity index (χ0v) is 17.1. The lowest BCUT2D eigenvalue weighted by Gasteiger charge is -2.51. The normalized spacial score (nSPS) is 33.9. The monoisotopic (exact) mass is 458 g/mol. The molecule has 5 atom stereocenters. The molecule has 3 heterocycles. The smallest absolute Gasteiger partial charge is 0.340 e. The molecule has 0 amide bonds. The van der Waals surface area contributed by atoms with Gasteiger partial charge in [-0.25, -0.2) is 4.79 Å².